The zero-order chi connectivity index (χ0) is 61.0. The van der Waals surface area contributed by atoms with Crippen LogP contribution in [0.5, 0.6) is 17.2 Å². The Kier molecular flexibility index (Phi) is 27.9. The van der Waals surface area contributed by atoms with Crippen LogP contribution >= 0.6 is 0 Å². The quantitative estimate of drug-likeness (QED) is 0.0220. The van der Waals surface area contributed by atoms with E-state index in [2.05, 4.69) is 42.2 Å². The first-order chi connectivity index (χ1) is 39.8. The Bertz CT molecular complexity index is 2840. The molecule has 452 valence electrons. The van der Waals surface area contributed by atoms with Crippen LogP contribution in [0.2, 0.25) is 0 Å². The summed E-state index contributed by atoms with van der Waals surface area (Å²) in [5.74, 6) is -5.05. The summed E-state index contributed by atoms with van der Waals surface area (Å²) in [6.07, 6.45) is 6.74. The number of nitrogens with one attached hydrogen (secondary N) is 7. The molecule has 83 heavy (non-hydrogen) atoms. The highest BCUT2D eigenvalue weighted by molar-refractivity contribution is 6.06. The minimum absolute atomic E-state index is 0.0138. The van der Waals surface area contributed by atoms with E-state index in [0.717, 1.165) is 0 Å². The number of amides is 8. The summed E-state index contributed by atoms with van der Waals surface area (Å²) in [4.78, 5) is 113. The molecule has 0 aromatic heterocycles. The van der Waals surface area contributed by atoms with Gasteiger partial charge in [0.05, 0.1) is 50.2 Å². The van der Waals surface area contributed by atoms with Crippen LogP contribution in [0.3, 0.4) is 0 Å². The molecule has 0 saturated carbocycles. The number of nitrogens with zero attached hydrogens (tertiary/aromatic N) is 1. The number of primary amides is 1. The third-order valence-corrected chi connectivity index (χ3v) is 13.2. The lowest BCUT2D eigenvalue weighted by Crippen LogP contribution is -2.47. The van der Waals surface area contributed by atoms with Crippen molar-refractivity contribution in [2.24, 2.45) is 45.1 Å². The molecule has 1 aliphatic rings. The first kappa shape index (κ1) is 66.9. The molecule has 0 heterocycles. The fourth-order valence-corrected chi connectivity index (χ4v) is 8.68. The summed E-state index contributed by atoms with van der Waals surface area (Å²) < 4.78 is 21.8. The number of benzene rings is 3. The molecule has 21 N–H and O–H groups in total. The van der Waals surface area contributed by atoms with Crippen molar-refractivity contribution in [1.29, 1.82) is 0 Å². The Morgan fingerprint density at radius 2 is 0.940 bits per heavy atom. The van der Waals surface area contributed by atoms with Gasteiger partial charge in [-0.2, -0.15) is 0 Å². The lowest BCUT2D eigenvalue weighted by Gasteiger charge is -2.26. The highest BCUT2D eigenvalue weighted by atomic mass is 16.5. The van der Waals surface area contributed by atoms with E-state index in [9.17, 15) is 38.4 Å². The van der Waals surface area contributed by atoms with Gasteiger partial charge in [0.1, 0.15) is 35.4 Å². The van der Waals surface area contributed by atoms with Crippen LogP contribution in [-0.4, -0.2) is 138 Å². The third kappa shape index (κ3) is 21.0. The number of unbranched alkanes of at least 4 members (excludes halogenated alkanes) is 3. The average Bonchev–Trinajstić information content (AvgIpc) is 3.56. The molecule has 0 radical (unpaired) electrons. The summed E-state index contributed by atoms with van der Waals surface area (Å²) in [7, 11) is 5.47. The molecule has 3 aromatic rings. The molecule has 3 aromatic carbocycles. The van der Waals surface area contributed by atoms with Crippen molar-refractivity contribution in [3.8, 4) is 17.2 Å². The number of anilines is 3. The van der Waals surface area contributed by atoms with Crippen LogP contribution in [0.1, 0.15) is 108 Å². The van der Waals surface area contributed by atoms with E-state index in [1.165, 1.54) is 83.0 Å². The molecular formula is C56H81N15O12. The average molecular weight is 1160 g/mol. The lowest BCUT2D eigenvalue weighted by atomic mass is 9.97. The molecule has 0 spiro atoms. The number of carbonyl (C=O) groups excluding carboxylic acids is 8. The Morgan fingerprint density at radius 3 is 1.37 bits per heavy atom. The number of ether oxygens (including phenoxy) is 4. The van der Waals surface area contributed by atoms with Gasteiger partial charge in [-0.3, -0.25) is 43.3 Å². The third-order valence-electron chi connectivity index (χ3n) is 13.2. The smallest absolute Gasteiger partial charge is 0.255 e. The number of hydrogen-bond acceptors (Lipinski definition) is 17. The summed E-state index contributed by atoms with van der Waals surface area (Å²) in [6.45, 7) is 1.24. The van der Waals surface area contributed by atoms with Crippen LogP contribution in [0, 0.1) is 0 Å². The lowest BCUT2D eigenvalue weighted by molar-refractivity contribution is -0.125. The first-order valence-corrected chi connectivity index (χ1v) is 27.2. The number of rotatable bonds is 35. The molecule has 0 bridgehead atoms. The van der Waals surface area contributed by atoms with Gasteiger partial charge in [-0.25, -0.2) is 0 Å². The van der Waals surface area contributed by atoms with Gasteiger partial charge in [0.25, 0.3) is 23.6 Å². The van der Waals surface area contributed by atoms with Crippen LogP contribution < -0.4 is 91.6 Å². The van der Waals surface area contributed by atoms with E-state index in [1.54, 1.807) is 12.1 Å². The highest BCUT2D eigenvalue weighted by Gasteiger charge is 2.31. The topological polar surface area (TPSA) is 452 Å². The van der Waals surface area contributed by atoms with Gasteiger partial charge in [0.15, 0.2) is 5.96 Å². The molecule has 5 atom stereocenters. The molecule has 2 unspecified atom stereocenters. The number of carbonyl (C=O) groups is 8. The van der Waals surface area contributed by atoms with Gasteiger partial charge in [-0.1, -0.05) is 12.5 Å². The van der Waals surface area contributed by atoms with Gasteiger partial charge in [0.2, 0.25) is 23.6 Å². The molecule has 1 aliphatic carbocycles. The largest absolute Gasteiger partial charge is 0.496 e. The van der Waals surface area contributed by atoms with Gasteiger partial charge < -0.3 is 96.3 Å². The van der Waals surface area contributed by atoms with Crippen molar-refractivity contribution in [1.82, 2.24) is 21.3 Å². The Labute approximate surface area is 482 Å². The van der Waals surface area contributed by atoms with Crippen LogP contribution in [0.15, 0.2) is 83.0 Å². The SMILES string of the molecule is COc1ccc(NC(=O)[C@H](CCCCN)NC(=O)C2=CC(NC(=O)[C@H](CCCN=C(N)N)NC(=O)c3cc(NC(=O)[C@H](CCCCN)NC(=O)c4cc(NC(=O)C(N)CCCCN)ccc4OC)ccc3OC)=CCC2OC)cc1C(N)=O. The standard InChI is InChI=1S/C56H81N15O12/c1-80-44-20-16-32(28-36(44)48(61)72)66-53(77)41(13-6-9-25-58)69-50(74)38-31-35(19-23-46(38)82-3)68-55(79)43(15-11-27-64-56(62)63)71-51(75)39-30-34(18-22-47(39)83-4)67-54(78)42(14-7-10-26-59)70-49(73)37-29-33(17-21-45(37)81-2)65-52(76)40(60)12-5-8-24-57/h16-22,28-31,40-43,46H,5-15,23-27,57-60H2,1-4H3,(H2,61,72)(H,65,76)(H,66,77)(H,67,78)(H,68,79)(H,69,74)(H,70,73)(H,71,75)(H4,62,63,64)/t40?,41-,42-,43-,46?/m0/s1. The number of allylic oxidation sites excluding steroid dienone is 1. The highest BCUT2D eigenvalue weighted by Crippen LogP contribution is 2.27. The Morgan fingerprint density at radius 1 is 0.530 bits per heavy atom. The first-order valence-electron chi connectivity index (χ1n) is 27.2. The van der Waals surface area contributed by atoms with Gasteiger partial charge in [-0.15, -0.1) is 0 Å². The number of aliphatic imine (C=N–C) groups is 1. The minimum Gasteiger partial charge on any atom is -0.496 e. The summed E-state index contributed by atoms with van der Waals surface area (Å²) in [5.41, 5.74) is 40.7. The summed E-state index contributed by atoms with van der Waals surface area (Å²) in [5, 5.41) is 19.3. The fourth-order valence-electron chi connectivity index (χ4n) is 8.68. The van der Waals surface area contributed by atoms with E-state index in [1.807, 2.05) is 0 Å². The normalized spacial score (nSPS) is 14.1. The van der Waals surface area contributed by atoms with Crippen LogP contribution in [-0.2, 0) is 28.7 Å². The second-order valence-corrected chi connectivity index (χ2v) is 19.3. The number of hydrogen-bond donors (Lipinski definition) is 14. The van der Waals surface area contributed by atoms with E-state index in [-0.39, 0.29) is 107 Å². The maximum atomic E-state index is 14.3. The fraction of sp³-hybridized carbons (Fsp3) is 0.446. The van der Waals surface area contributed by atoms with Gasteiger partial charge in [0, 0.05) is 42.0 Å². The Balaban J connectivity index is 1.56. The van der Waals surface area contributed by atoms with E-state index >= 15 is 0 Å². The maximum absolute atomic E-state index is 14.3. The molecule has 0 saturated heterocycles. The van der Waals surface area contributed by atoms with Crippen molar-refractivity contribution in [3.63, 3.8) is 0 Å². The summed E-state index contributed by atoms with van der Waals surface area (Å²) in [6, 6.07) is 8.80. The van der Waals surface area contributed by atoms with Crippen LogP contribution in [0.4, 0.5) is 17.1 Å². The van der Waals surface area contributed by atoms with Crippen LogP contribution in [0.25, 0.3) is 0 Å². The van der Waals surface area contributed by atoms with E-state index < -0.39 is 77.5 Å². The Hall–Kier alpha value is -8.63. The van der Waals surface area contributed by atoms with E-state index in [4.69, 9.17) is 59.1 Å². The molecule has 27 heteroatoms. The number of guanidine groups is 1. The van der Waals surface area contributed by atoms with Crippen molar-refractivity contribution in [2.75, 3.05) is 70.6 Å². The van der Waals surface area contributed by atoms with Crippen molar-refractivity contribution < 1.29 is 57.3 Å². The molecule has 4 rings (SSSR count). The molecular weight excluding hydrogens is 1070 g/mol. The van der Waals surface area contributed by atoms with Crippen molar-refractivity contribution in [2.45, 2.75) is 107 Å². The number of methoxy groups -OCH3 is 4. The molecule has 27 nitrogen and oxygen atoms in total. The number of nitrogens with two attached hydrogens (primary N) is 7. The van der Waals surface area contributed by atoms with Crippen molar-refractivity contribution in [3.05, 3.63) is 94.7 Å². The second kappa shape index (κ2) is 34.6. The predicted molar refractivity (Wildman–Crippen MR) is 314 cm³/mol. The molecule has 0 fully saturated rings. The van der Waals surface area contributed by atoms with Gasteiger partial charge in [-0.05, 0) is 151 Å². The zero-order valence-electron chi connectivity index (χ0n) is 47.4. The predicted octanol–water partition coefficient (Wildman–Crippen LogP) is 0.822. The zero-order valence-corrected chi connectivity index (χ0v) is 47.4. The summed E-state index contributed by atoms with van der Waals surface area (Å²) >= 11 is 0. The maximum Gasteiger partial charge on any atom is 0.255 e. The molecule has 0 aliphatic heterocycles. The van der Waals surface area contributed by atoms with E-state index in [0.29, 0.717) is 64.6 Å². The monoisotopic (exact) mass is 1160 g/mol. The van der Waals surface area contributed by atoms with Gasteiger partial charge >= 0.3 is 0 Å². The van der Waals surface area contributed by atoms with Crippen molar-refractivity contribution >= 4 is 70.3 Å². The minimum atomic E-state index is -1.25. The second-order valence-electron chi connectivity index (χ2n) is 19.3. The molecule has 8 amide bonds.